The van der Waals surface area contributed by atoms with Crippen LogP contribution in [-0.4, -0.2) is 19.3 Å². The van der Waals surface area contributed by atoms with E-state index in [4.69, 9.17) is 14.8 Å². The van der Waals surface area contributed by atoms with Gasteiger partial charge in [-0.3, -0.25) is 4.68 Å². The number of para-hydroxylation sites is 1. The van der Waals surface area contributed by atoms with E-state index in [1.165, 1.54) is 37.2 Å². The Bertz CT molecular complexity index is 2790. The second-order valence-electron chi connectivity index (χ2n) is 14.4. The van der Waals surface area contributed by atoms with Gasteiger partial charge in [-0.1, -0.05) is 101 Å². The number of hydrogen-bond donors (Lipinski definition) is 0. The molecule has 52 heavy (non-hydrogen) atoms. The van der Waals surface area contributed by atoms with Crippen LogP contribution in [0.25, 0.3) is 64.7 Å². The van der Waals surface area contributed by atoms with Gasteiger partial charge in [0.1, 0.15) is 5.82 Å². The second-order valence-corrected chi connectivity index (χ2v) is 15.5. The van der Waals surface area contributed by atoms with Gasteiger partial charge in [-0.25, -0.2) is 4.98 Å². The van der Waals surface area contributed by atoms with E-state index in [1.807, 2.05) is 35.3 Å². The Labute approximate surface area is 321 Å². The maximum Gasteiger partial charge on any atom is 2.00 e. The first-order valence-electron chi connectivity index (χ1n) is 17.2. The molecular weight excluding hydrogens is 840 g/mol. The number of thiophene rings is 1. The van der Waals surface area contributed by atoms with E-state index in [-0.39, 0.29) is 26.5 Å². The average Bonchev–Trinajstić information content (AvgIpc) is 3.82. The third kappa shape index (κ3) is 5.66. The average molecular weight is 876 g/mol. The van der Waals surface area contributed by atoms with E-state index >= 15 is 0 Å². The molecule has 0 aliphatic heterocycles. The molecular formula is C45H36N4OPtS. The molecule has 0 atom stereocenters. The number of pyridine rings is 1. The van der Waals surface area contributed by atoms with Crippen LogP contribution in [0.2, 0.25) is 0 Å². The van der Waals surface area contributed by atoms with Gasteiger partial charge in [0, 0.05) is 39.7 Å². The molecule has 0 spiro atoms. The van der Waals surface area contributed by atoms with Crippen LogP contribution in [0.4, 0.5) is 0 Å². The summed E-state index contributed by atoms with van der Waals surface area (Å²) in [6.07, 6.45) is 3.90. The van der Waals surface area contributed by atoms with E-state index in [0.717, 1.165) is 49.8 Å². The van der Waals surface area contributed by atoms with Crippen molar-refractivity contribution < 1.29 is 25.8 Å². The number of aryl methyl sites for hydroxylation is 3. The molecule has 9 rings (SSSR count). The van der Waals surface area contributed by atoms with Crippen molar-refractivity contribution in [3.05, 3.63) is 144 Å². The number of benzene rings is 5. The molecule has 5 nitrogen and oxygen atoms in total. The van der Waals surface area contributed by atoms with Gasteiger partial charge in [0.05, 0.1) is 5.69 Å². The fourth-order valence-electron chi connectivity index (χ4n) is 7.44. The zero-order valence-corrected chi connectivity index (χ0v) is 32.9. The topological polar surface area (TPSA) is 44.9 Å². The van der Waals surface area contributed by atoms with Crippen LogP contribution in [0.15, 0.2) is 109 Å². The van der Waals surface area contributed by atoms with Gasteiger partial charge in [-0.2, -0.15) is 22.5 Å². The van der Waals surface area contributed by atoms with Crippen molar-refractivity contribution >= 4 is 53.3 Å². The predicted molar refractivity (Wildman–Crippen MR) is 211 cm³/mol. The Hall–Kier alpha value is -5.03. The molecule has 7 heteroatoms. The SMILES string of the molecule is Cc1cc(C)c(-c2ccn(-c3[c-]c(Oc4[c-]c5c(c6ccccc6n5-c5cc(C(C)(C)C)ccn5)c5sc6ccccc6c45)ccc3)n2)c(C)c1.[Pt+2]. The van der Waals surface area contributed by atoms with Crippen LogP contribution in [0.5, 0.6) is 11.5 Å². The summed E-state index contributed by atoms with van der Waals surface area (Å²) in [6.45, 7) is 13.1. The molecule has 9 aromatic rings. The predicted octanol–water partition coefficient (Wildman–Crippen LogP) is 12.0. The quantitative estimate of drug-likeness (QED) is 0.162. The molecule has 4 aromatic heterocycles. The van der Waals surface area contributed by atoms with Gasteiger partial charge in [-0.15, -0.1) is 24.3 Å². The monoisotopic (exact) mass is 875 g/mol. The largest absolute Gasteiger partial charge is 2.00 e. The van der Waals surface area contributed by atoms with Crippen molar-refractivity contribution in [1.29, 1.82) is 0 Å². The molecule has 0 aliphatic rings. The zero-order valence-electron chi connectivity index (χ0n) is 29.8. The standard InChI is InChI=1S/C45H36N4OS.Pt/c1-27-22-28(2)41(29(3)23-27)35-19-21-48(47-35)31-12-11-13-32(25-31)50-38-26-37-42(44-43(38)34-15-8-10-17-39(34)51-44)33-14-7-9-16-36(33)49(37)40-24-30(18-20-46-40)45(4,5)6;/h7-24H,1-6H3;/q-2;+2. The summed E-state index contributed by atoms with van der Waals surface area (Å²) < 4.78 is 13.3. The smallest absolute Gasteiger partial charge is 0.508 e. The Morgan fingerprint density at radius 1 is 0.769 bits per heavy atom. The molecule has 5 aromatic carbocycles. The first-order chi connectivity index (χ1) is 24.6. The summed E-state index contributed by atoms with van der Waals surface area (Å²) in [4.78, 5) is 4.91. The minimum Gasteiger partial charge on any atom is -0.508 e. The van der Waals surface area contributed by atoms with Gasteiger partial charge >= 0.3 is 21.1 Å². The molecule has 258 valence electrons. The van der Waals surface area contributed by atoms with Crippen molar-refractivity contribution in [2.45, 2.75) is 47.0 Å². The summed E-state index contributed by atoms with van der Waals surface area (Å²) in [5.74, 6) is 2.11. The molecule has 0 unspecified atom stereocenters. The summed E-state index contributed by atoms with van der Waals surface area (Å²) in [5.41, 5.74) is 9.80. The van der Waals surface area contributed by atoms with Gasteiger partial charge in [-0.05, 0) is 84.3 Å². The molecule has 0 N–H and O–H groups in total. The number of rotatable bonds is 5. The van der Waals surface area contributed by atoms with Gasteiger partial charge in [0.2, 0.25) is 0 Å². The maximum atomic E-state index is 6.86. The van der Waals surface area contributed by atoms with Crippen LogP contribution in [0, 0.1) is 32.9 Å². The van der Waals surface area contributed by atoms with Crippen LogP contribution in [-0.2, 0) is 26.5 Å². The van der Waals surface area contributed by atoms with Crippen LogP contribution in [0.3, 0.4) is 0 Å². The summed E-state index contributed by atoms with van der Waals surface area (Å²) in [6, 6.07) is 41.1. The van der Waals surface area contributed by atoms with E-state index in [9.17, 15) is 0 Å². The molecule has 0 fully saturated rings. The minimum atomic E-state index is -0.0266. The number of fused-ring (bicyclic) bond motifs is 7. The van der Waals surface area contributed by atoms with E-state index in [0.29, 0.717) is 11.5 Å². The Morgan fingerprint density at radius 2 is 1.52 bits per heavy atom. The van der Waals surface area contributed by atoms with Crippen molar-refractivity contribution in [2.75, 3.05) is 0 Å². The van der Waals surface area contributed by atoms with E-state index in [1.54, 1.807) is 11.3 Å². The minimum absolute atomic E-state index is 0. The molecule has 0 amide bonds. The van der Waals surface area contributed by atoms with Gasteiger partial charge in [0.25, 0.3) is 0 Å². The summed E-state index contributed by atoms with van der Waals surface area (Å²) in [7, 11) is 0. The number of aromatic nitrogens is 4. The third-order valence-corrected chi connectivity index (χ3v) is 10.9. The summed E-state index contributed by atoms with van der Waals surface area (Å²) >= 11 is 1.79. The van der Waals surface area contributed by atoms with Crippen molar-refractivity contribution in [3.8, 4) is 34.3 Å². The second kappa shape index (κ2) is 12.9. The first-order valence-corrected chi connectivity index (χ1v) is 18.1. The molecule has 4 heterocycles. The Kier molecular flexibility index (Phi) is 8.44. The van der Waals surface area contributed by atoms with Crippen molar-refractivity contribution in [2.24, 2.45) is 0 Å². The van der Waals surface area contributed by atoms with Crippen LogP contribution in [0.1, 0.15) is 43.0 Å². The van der Waals surface area contributed by atoms with Crippen molar-refractivity contribution in [1.82, 2.24) is 19.3 Å². The van der Waals surface area contributed by atoms with Crippen LogP contribution < -0.4 is 4.74 Å². The molecule has 0 saturated heterocycles. The summed E-state index contributed by atoms with van der Waals surface area (Å²) in [5, 5.41) is 9.49. The fourth-order valence-corrected chi connectivity index (χ4v) is 8.70. The number of ether oxygens (including phenoxy) is 1. The zero-order chi connectivity index (χ0) is 35.0. The molecule has 0 saturated carbocycles. The maximum absolute atomic E-state index is 6.86. The van der Waals surface area contributed by atoms with E-state index in [2.05, 4.69) is 137 Å². The Balaban J connectivity index is 0.00000387. The molecule has 0 bridgehead atoms. The van der Waals surface area contributed by atoms with Gasteiger partial charge in [0.15, 0.2) is 0 Å². The van der Waals surface area contributed by atoms with Crippen LogP contribution >= 0.6 is 11.3 Å². The van der Waals surface area contributed by atoms with Crippen molar-refractivity contribution in [3.63, 3.8) is 0 Å². The third-order valence-electron chi connectivity index (χ3n) is 9.73. The first kappa shape index (κ1) is 34.1. The number of hydrogen-bond acceptors (Lipinski definition) is 4. The Morgan fingerprint density at radius 3 is 2.31 bits per heavy atom. The fraction of sp³-hybridized carbons (Fsp3) is 0.156. The van der Waals surface area contributed by atoms with E-state index < -0.39 is 0 Å². The molecule has 0 radical (unpaired) electrons. The number of nitrogens with zero attached hydrogens (tertiary/aromatic N) is 4. The normalized spacial score (nSPS) is 11.9. The van der Waals surface area contributed by atoms with Gasteiger partial charge < -0.3 is 9.30 Å². The molecule has 0 aliphatic carbocycles.